The van der Waals surface area contributed by atoms with Crippen LogP contribution in [0.2, 0.25) is 0 Å². The molecule has 0 unspecified atom stereocenters. The highest BCUT2D eigenvalue weighted by atomic mass is 16.5. The van der Waals surface area contributed by atoms with E-state index in [1.807, 2.05) is 36.4 Å². The van der Waals surface area contributed by atoms with E-state index in [-0.39, 0.29) is 5.97 Å². The first-order valence-corrected chi connectivity index (χ1v) is 7.20. The Hall–Kier alpha value is -2.13. The molecule has 0 aliphatic heterocycles. The number of nitrogens with zero attached hydrogens (tertiary/aromatic N) is 1. The third kappa shape index (κ3) is 5.40. The smallest absolute Gasteiger partial charge is 0.338 e. The van der Waals surface area contributed by atoms with Crippen molar-refractivity contribution in [2.75, 3.05) is 20.2 Å². The number of carbonyl (C=O) groups is 1. The molecule has 0 bridgehead atoms. The Bertz CT molecular complexity index is 540. The SMILES string of the molecule is CN(CCCOC(=O)c1ccccc1)Cc1ccccc1. The fourth-order valence-electron chi connectivity index (χ4n) is 2.13. The first-order valence-electron chi connectivity index (χ1n) is 7.20. The first kappa shape index (κ1) is 15.3. The van der Waals surface area contributed by atoms with Crippen molar-refractivity contribution in [1.82, 2.24) is 4.90 Å². The molecule has 0 N–H and O–H groups in total. The number of ether oxygens (including phenoxy) is 1. The molecule has 0 heterocycles. The summed E-state index contributed by atoms with van der Waals surface area (Å²) in [6, 6.07) is 19.4. The van der Waals surface area contributed by atoms with Crippen molar-refractivity contribution in [2.24, 2.45) is 0 Å². The predicted molar refractivity (Wildman–Crippen MR) is 84.1 cm³/mol. The van der Waals surface area contributed by atoms with Gasteiger partial charge in [0.2, 0.25) is 0 Å². The third-order valence-corrected chi connectivity index (χ3v) is 3.22. The minimum absolute atomic E-state index is 0.249. The van der Waals surface area contributed by atoms with Gasteiger partial charge < -0.3 is 9.64 Å². The zero-order valence-electron chi connectivity index (χ0n) is 12.4. The van der Waals surface area contributed by atoms with Gasteiger partial charge in [-0.1, -0.05) is 48.5 Å². The summed E-state index contributed by atoms with van der Waals surface area (Å²) in [6.07, 6.45) is 0.835. The molecule has 0 radical (unpaired) electrons. The highest BCUT2D eigenvalue weighted by Gasteiger charge is 2.06. The zero-order valence-corrected chi connectivity index (χ0v) is 12.4. The minimum Gasteiger partial charge on any atom is -0.462 e. The molecule has 0 aromatic heterocycles. The number of rotatable bonds is 7. The average Bonchev–Trinajstić information content (AvgIpc) is 2.53. The Morgan fingerprint density at radius 2 is 1.62 bits per heavy atom. The van der Waals surface area contributed by atoms with Gasteiger partial charge in [0.1, 0.15) is 0 Å². The van der Waals surface area contributed by atoms with Gasteiger partial charge in [-0.25, -0.2) is 4.79 Å². The highest BCUT2D eigenvalue weighted by molar-refractivity contribution is 5.89. The topological polar surface area (TPSA) is 29.5 Å². The van der Waals surface area contributed by atoms with Crippen molar-refractivity contribution < 1.29 is 9.53 Å². The third-order valence-electron chi connectivity index (χ3n) is 3.22. The zero-order chi connectivity index (χ0) is 14.9. The normalized spacial score (nSPS) is 10.6. The van der Waals surface area contributed by atoms with Crippen LogP contribution in [0.25, 0.3) is 0 Å². The molecule has 21 heavy (non-hydrogen) atoms. The molecular formula is C18H21NO2. The summed E-state index contributed by atoms with van der Waals surface area (Å²) in [5, 5.41) is 0. The van der Waals surface area contributed by atoms with Gasteiger partial charge in [-0.3, -0.25) is 0 Å². The minimum atomic E-state index is -0.249. The van der Waals surface area contributed by atoms with Crippen molar-refractivity contribution in [1.29, 1.82) is 0 Å². The average molecular weight is 283 g/mol. The molecule has 3 heteroatoms. The highest BCUT2D eigenvalue weighted by Crippen LogP contribution is 2.04. The van der Waals surface area contributed by atoms with Gasteiger partial charge in [0.05, 0.1) is 12.2 Å². The number of hydrogen-bond acceptors (Lipinski definition) is 3. The Kier molecular flexibility index (Phi) is 5.98. The standard InChI is InChI=1S/C18H21NO2/c1-19(15-16-9-4-2-5-10-16)13-8-14-21-18(20)17-11-6-3-7-12-17/h2-7,9-12H,8,13-15H2,1H3. The van der Waals surface area contributed by atoms with Crippen molar-refractivity contribution in [3.63, 3.8) is 0 Å². The lowest BCUT2D eigenvalue weighted by atomic mass is 10.2. The summed E-state index contributed by atoms with van der Waals surface area (Å²) in [4.78, 5) is 14.0. The predicted octanol–water partition coefficient (Wildman–Crippen LogP) is 3.37. The Balaban J connectivity index is 1.64. The molecule has 2 aromatic rings. The van der Waals surface area contributed by atoms with E-state index in [2.05, 4.69) is 24.1 Å². The van der Waals surface area contributed by atoms with E-state index >= 15 is 0 Å². The van der Waals surface area contributed by atoms with E-state index < -0.39 is 0 Å². The molecule has 2 aromatic carbocycles. The maximum absolute atomic E-state index is 11.7. The lowest BCUT2D eigenvalue weighted by Gasteiger charge is -2.16. The van der Waals surface area contributed by atoms with Crippen LogP contribution in [0.5, 0.6) is 0 Å². The van der Waals surface area contributed by atoms with E-state index in [4.69, 9.17) is 4.74 Å². The molecule has 0 atom stereocenters. The van der Waals surface area contributed by atoms with Gasteiger partial charge >= 0.3 is 5.97 Å². The van der Waals surface area contributed by atoms with Crippen LogP contribution in [0.4, 0.5) is 0 Å². The van der Waals surface area contributed by atoms with Crippen molar-refractivity contribution >= 4 is 5.97 Å². The molecule has 3 nitrogen and oxygen atoms in total. The van der Waals surface area contributed by atoms with Crippen LogP contribution in [0.15, 0.2) is 60.7 Å². The molecule has 0 spiro atoms. The monoisotopic (exact) mass is 283 g/mol. The van der Waals surface area contributed by atoms with Gasteiger partial charge in [-0.15, -0.1) is 0 Å². The summed E-state index contributed by atoms with van der Waals surface area (Å²) in [6.45, 7) is 2.26. The number of carbonyl (C=O) groups excluding carboxylic acids is 1. The van der Waals surface area contributed by atoms with Crippen molar-refractivity contribution in [3.8, 4) is 0 Å². The second kappa shape index (κ2) is 8.22. The van der Waals surface area contributed by atoms with Gasteiger partial charge in [0, 0.05) is 13.1 Å². The van der Waals surface area contributed by atoms with Gasteiger partial charge in [0.15, 0.2) is 0 Å². The van der Waals surface area contributed by atoms with Crippen molar-refractivity contribution in [2.45, 2.75) is 13.0 Å². The molecule has 0 fully saturated rings. The summed E-state index contributed by atoms with van der Waals surface area (Å²) in [7, 11) is 2.08. The van der Waals surface area contributed by atoms with E-state index in [0.717, 1.165) is 19.5 Å². The molecule has 110 valence electrons. The molecule has 0 saturated heterocycles. The molecule has 0 saturated carbocycles. The lowest BCUT2D eigenvalue weighted by Crippen LogP contribution is -2.20. The molecule has 0 aliphatic rings. The number of benzene rings is 2. The quantitative estimate of drug-likeness (QED) is 0.576. The van der Waals surface area contributed by atoms with Crippen molar-refractivity contribution in [3.05, 3.63) is 71.8 Å². The van der Waals surface area contributed by atoms with E-state index in [9.17, 15) is 4.79 Å². The summed E-state index contributed by atoms with van der Waals surface area (Å²) < 4.78 is 5.26. The Labute approximate surface area is 126 Å². The summed E-state index contributed by atoms with van der Waals surface area (Å²) in [5.41, 5.74) is 1.90. The molecule has 0 aliphatic carbocycles. The Morgan fingerprint density at radius 1 is 1.00 bits per heavy atom. The molecular weight excluding hydrogens is 262 g/mol. The largest absolute Gasteiger partial charge is 0.462 e. The maximum Gasteiger partial charge on any atom is 0.338 e. The molecule has 2 rings (SSSR count). The van der Waals surface area contributed by atoms with Crippen LogP contribution in [0.3, 0.4) is 0 Å². The summed E-state index contributed by atoms with van der Waals surface area (Å²) >= 11 is 0. The second-order valence-corrected chi connectivity index (χ2v) is 5.08. The van der Waals surface area contributed by atoms with Crippen LogP contribution in [-0.2, 0) is 11.3 Å². The second-order valence-electron chi connectivity index (χ2n) is 5.08. The van der Waals surface area contributed by atoms with E-state index in [0.29, 0.717) is 12.2 Å². The van der Waals surface area contributed by atoms with Gasteiger partial charge in [0.25, 0.3) is 0 Å². The summed E-state index contributed by atoms with van der Waals surface area (Å²) in [5.74, 6) is -0.249. The van der Waals surface area contributed by atoms with Crippen LogP contribution < -0.4 is 0 Å². The first-order chi connectivity index (χ1) is 10.3. The lowest BCUT2D eigenvalue weighted by molar-refractivity contribution is 0.0490. The van der Waals surface area contributed by atoms with E-state index in [1.165, 1.54) is 5.56 Å². The van der Waals surface area contributed by atoms with E-state index in [1.54, 1.807) is 12.1 Å². The number of hydrogen-bond donors (Lipinski definition) is 0. The fourth-order valence-corrected chi connectivity index (χ4v) is 2.13. The van der Waals surface area contributed by atoms with Gasteiger partial charge in [-0.05, 0) is 31.2 Å². The fraction of sp³-hybridized carbons (Fsp3) is 0.278. The van der Waals surface area contributed by atoms with Gasteiger partial charge in [-0.2, -0.15) is 0 Å². The van der Waals surface area contributed by atoms with Crippen LogP contribution in [-0.4, -0.2) is 31.1 Å². The number of esters is 1. The Morgan fingerprint density at radius 3 is 2.29 bits per heavy atom. The van der Waals surface area contributed by atoms with Crippen LogP contribution in [0, 0.1) is 0 Å². The molecule has 0 amide bonds. The van der Waals surface area contributed by atoms with Crippen LogP contribution >= 0.6 is 0 Å². The maximum atomic E-state index is 11.7. The van der Waals surface area contributed by atoms with Crippen LogP contribution in [0.1, 0.15) is 22.3 Å².